The summed E-state index contributed by atoms with van der Waals surface area (Å²) in [6, 6.07) is 8.32. The van der Waals surface area contributed by atoms with E-state index in [0.717, 1.165) is 24.8 Å². The molecule has 176 valence electrons. The van der Waals surface area contributed by atoms with E-state index in [1.54, 1.807) is 13.0 Å². The van der Waals surface area contributed by atoms with Gasteiger partial charge in [0.15, 0.2) is 0 Å². The van der Waals surface area contributed by atoms with Gasteiger partial charge in [-0.15, -0.1) is 13.2 Å². The number of aliphatic hydroxyl groups excluding tert-OH is 1. The summed E-state index contributed by atoms with van der Waals surface area (Å²) in [5, 5.41) is 14.7. The normalized spacial score (nSPS) is 13.3. The first-order valence-corrected chi connectivity index (χ1v) is 11.0. The van der Waals surface area contributed by atoms with Crippen molar-refractivity contribution in [3.05, 3.63) is 61.2 Å². The van der Waals surface area contributed by atoms with Gasteiger partial charge in [-0.05, 0) is 38.2 Å². The van der Waals surface area contributed by atoms with Crippen LogP contribution in [-0.4, -0.2) is 42.1 Å². The summed E-state index contributed by atoms with van der Waals surface area (Å²) >= 11 is 0. The van der Waals surface area contributed by atoms with Gasteiger partial charge in [-0.3, -0.25) is 14.4 Å². The molecule has 2 amide bonds. The number of aliphatic hydroxyl groups is 1. The molecule has 0 radical (unpaired) electrons. The molecular formula is C25H36N2O5. The van der Waals surface area contributed by atoms with Crippen molar-refractivity contribution in [2.24, 2.45) is 5.92 Å². The van der Waals surface area contributed by atoms with E-state index in [4.69, 9.17) is 9.84 Å². The Morgan fingerprint density at radius 1 is 1.09 bits per heavy atom. The van der Waals surface area contributed by atoms with Gasteiger partial charge in [-0.2, -0.15) is 0 Å². The summed E-state index contributed by atoms with van der Waals surface area (Å²) in [6.45, 7) is 8.84. The van der Waals surface area contributed by atoms with Crippen LogP contribution in [0.25, 0.3) is 0 Å². The molecule has 0 bridgehead atoms. The van der Waals surface area contributed by atoms with Crippen molar-refractivity contribution in [3.8, 4) is 0 Å². The second kappa shape index (κ2) is 15.8. The molecule has 3 N–H and O–H groups in total. The Bertz CT molecular complexity index is 735. The minimum absolute atomic E-state index is 0.00456. The number of benzene rings is 1. The van der Waals surface area contributed by atoms with Crippen LogP contribution in [0, 0.1) is 5.92 Å². The molecule has 1 rings (SSSR count). The van der Waals surface area contributed by atoms with E-state index < -0.39 is 18.0 Å². The molecule has 1 aromatic carbocycles. The molecule has 0 aliphatic rings. The van der Waals surface area contributed by atoms with Crippen LogP contribution in [0.1, 0.15) is 57.1 Å². The molecule has 0 aromatic heterocycles. The van der Waals surface area contributed by atoms with Crippen molar-refractivity contribution >= 4 is 17.8 Å². The Kier molecular flexibility index (Phi) is 13.4. The maximum atomic E-state index is 13.0. The monoisotopic (exact) mass is 444 g/mol. The highest BCUT2D eigenvalue weighted by Gasteiger charge is 2.25. The topological polar surface area (TPSA) is 105 Å². The minimum Gasteiger partial charge on any atom is -0.463 e. The maximum absolute atomic E-state index is 13.0. The molecule has 0 aliphatic heterocycles. The summed E-state index contributed by atoms with van der Waals surface area (Å²) in [5.74, 6) is -1.59. The number of ether oxygens (including phenoxy) is 1. The fourth-order valence-corrected chi connectivity index (χ4v) is 3.09. The number of amides is 2. The molecule has 7 heteroatoms. The van der Waals surface area contributed by atoms with Crippen LogP contribution < -0.4 is 10.6 Å². The van der Waals surface area contributed by atoms with E-state index >= 15 is 0 Å². The van der Waals surface area contributed by atoms with E-state index in [2.05, 4.69) is 23.8 Å². The Labute approximate surface area is 190 Å². The summed E-state index contributed by atoms with van der Waals surface area (Å²) < 4.78 is 5.42. The van der Waals surface area contributed by atoms with Crippen molar-refractivity contribution in [2.75, 3.05) is 13.2 Å². The summed E-state index contributed by atoms with van der Waals surface area (Å²) in [5.41, 5.74) is 0.802. The number of hydrogen-bond acceptors (Lipinski definition) is 5. The van der Waals surface area contributed by atoms with Crippen molar-refractivity contribution in [1.29, 1.82) is 0 Å². The van der Waals surface area contributed by atoms with E-state index in [-0.39, 0.29) is 37.4 Å². The fourth-order valence-electron chi connectivity index (χ4n) is 3.09. The van der Waals surface area contributed by atoms with Crippen LogP contribution in [-0.2, 0) is 19.1 Å². The quantitative estimate of drug-likeness (QED) is 0.206. The summed E-state index contributed by atoms with van der Waals surface area (Å²) in [4.78, 5) is 37.3. The predicted octanol–water partition coefficient (Wildman–Crippen LogP) is 3.21. The lowest BCUT2D eigenvalue weighted by atomic mass is 9.98. The number of nitrogens with one attached hydrogen (secondary N) is 2. The van der Waals surface area contributed by atoms with Gasteiger partial charge >= 0.3 is 5.97 Å². The van der Waals surface area contributed by atoms with Gasteiger partial charge in [-0.1, -0.05) is 42.5 Å². The lowest BCUT2D eigenvalue weighted by Crippen LogP contribution is -2.40. The van der Waals surface area contributed by atoms with Crippen LogP contribution in [0.15, 0.2) is 55.6 Å². The van der Waals surface area contributed by atoms with Gasteiger partial charge in [0.05, 0.1) is 18.6 Å². The number of hydrogen-bond donors (Lipinski definition) is 3. The van der Waals surface area contributed by atoms with Gasteiger partial charge in [0.25, 0.3) is 0 Å². The molecule has 32 heavy (non-hydrogen) atoms. The van der Waals surface area contributed by atoms with Crippen molar-refractivity contribution < 1.29 is 24.2 Å². The second-order valence-electron chi connectivity index (χ2n) is 7.77. The van der Waals surface area contributed by atoms with Crippen molar-refractivity contribution in [2.45, 2.75) is 57.5 Å². The molecule has 0 heterocycles. The first-order chi connectivity index (χ1) is 15.4. The average molecular weight is 445 g/mol. The van der Waals surface area contributed by atoms with Gasteiger partial charge in [0.2, 0.25) is 11.8 Å². The van der Waals surface area contributed by atoms with Crippen molar-refractivity contribution in [3.63, 3.8) is 0 Å². The highest BCUT2D eigenvalue weighted by atomic mass is 16.5. The number of allylic oxidation sites excluding steroid dienone is 2. The largest absolute Gasteiger partial charge is 0.463 e. The van der Waals surface area contributed by atoms with E-state index in [1.807, 2.05) is 36.4 Å². The van der Waals surface area contributed by atoms with E-state index in [0.29, 0.717) is 12.8 Å². The summed E-state index contributed by atoms with van der Waals surface area (Å²) in [7, 11) is 0. The highest BCUT2D eigenvalue weighted by molar-refractivity contribution is 5.86. The second-order valence-corrected chi connectivity index (χ2v) is 7.77. The van der Waals surface area contributed by atoms with Crippen LogP contribution in [0.5, 0.6) is 0 Å². The molecule has 0 spiro atoms. The molecule has 0 saturated heterocycles. The smallest absolute Gasteiger partial charge is 0.305 e. The Morgan fingerprint density at radius 2 is 1.81 bits per heavy atom. The Morgan fingerprint density at radius 3 is 2.44 bits per heavy atom. The zero-order chi connectivity index (χ0) is 23.8. The molecule has 0 saturated carbocycles. The van der Waals surface area contributed by atoms with Crippen LogP contribution in [0.3, 0.4) is 0 Å². The third kappa shape index (κ3) is 10.9. The maximum Gasteiger partial charge on any atom is 0.305 e. The molecular weight excluding hydrogens is 408 g/mol. The highest BCUT2D eigenvalue weighted by Crippen LogP contribution is 2.17. The molecule has 0 fully saturated rings. The lowest BCUT2D eigenvalue weighted by molar-refractivity contribution is -0.145. The summed E-state index contributed by atoms with van der Waals surface area (Å²) in [6.07, 6.45) is 6.44. The Hall–Kier alpha value is -2.93. The number of unbranched alkanes of at least 4 members (excludes halogenated alkanes) is 2. The standard InChI is InChI=1S/C25H36N2O5/c1-4-6-7-11-15-24(30)32-18-22(20-13-9-8-10-14-20)27-25(31)21(12-5-2)16-23(29)26-19(3)17-28/h4-5,8-10,13-14,19,21-22,28H,1-2,6-7,11-12,15-18H2,3H3,(H,26,29)(H,27,31)/t19-,21+,22-/m0/s1. The predicted molar refractivity (Wildman–Crippen MR) is 125 cm³/mol. The molecule has 0 aliphatic carbocycles. The van der Waals surface area contributed by atoms with Gasteiger partial charge < -0.3 is 20.5 Å². The minimum atomic E-state index is -0.626. The molecule has 7 nitrogen and oxygen atoms in total. The zero-order valence-corrected chi connectivity index (χ0v) is 18.9. The zero-order valence-electron chi connectivity index (χ0n) is 18.9. The number of rotatable bonds is 16. The first kappa shape index (κ1) is 27.1. The lowest BCUT2D eigenvalue weighted by Gasteiger charge is -2.23. The third-order valence-corrected chi connectivity index (χ3v) is 4.90. The van der Waals surface area contributed by atoms with Crippen LogP contribution in [0.2, 0.25) is 0 Å². The number of esters is 1. The van der Waals surface area contributed by atoms with E-state index in [9.17, 15) is 14.4 Å². The van der Waals surface area contributed by atoms with Gasteiger partial charge in [0, 0.05) is 18.9 Å². The third-order valence-electron chi connectivity index (χ3n) is 4.90. The van der Waals surface area contributed by atoms with Gasteiger partial charge in [-0.25, -0.2) is 0 Å². The Balaban J connectivity index is 2.78. The van der Waals surface area contributed by atoms with Crippen LogP contribution in [0.4, 0.5) is 0 Å². The fraction of sp³-hybridized carbons (Fsp3) is 0.480. The molecule has 3 atom stereocenters. The van der Waals surface area contributed by atoms with Gasteiger partial charge in [0.1, 0.15) is 6.61 Å². The average Bonchev–Trinajstić information content (AvgIpc) is 2.79. The van der Waals surface area contributed by atoms with Crippen molar-refractivity contribution in [1.82, 2.24) is 10.6 Å². The number of carbonyl (C=O) groups excluding carboxylic acids is 3. The SMILES string of the molecule is C=CCCCCC(=O)OC[C@H](NC(=O)[C@H](CC=C)CC(=O)N[C@@H](C)CO)c1ccccc1. The number of carbonyl (C=O) groups is 3. The molecule has 1 aromatic rings. The first-order valence-electron chi connectivity index (χ1n) is 11.0. The molecule has 0 unspecified atom stereocenters. The van der Waals surface area contributed by atoms with E-state index in [1.165, 1.54) is 0 Å². The van der Waals surface area contributed by atoms with Crippen LogP contribution >= 0.6 is 0 Å².